The summed E-state index contributed by atoms with van der Waals surface area (Å²) in [5.41, 5.74) is 0. The monoisotopic (exact) mass is 272 g/mol. The van der Waals surface area contributed by atoms with Crippen molar-refractivity contribution in [3.8, 4) is 0 Å². The Morgan fingerprint density at radius 1 is 1.37 bits per heavy atom. The number of carboxylic acids is 1. The first-order valence-corrected chi connectivity index (χ1v) is 6.84. The van der Waals surface area contributed by atoms with Crippen LogP contribution in [0.4, 0.5) is 4.79 Å². The van der Waals surface area contributed by atoms with Gasteiger partial charge in [0.05, 0.1) is 6.10 Å². The summed E-state index contributed by atoms with van der Waals surface area (Å²) < 4.78 is 0. The van der Waals surface area contributed by atoms with E-state index in [-0.39, 0.29) is 6.04 Å². The number of urea groups is 1. The summed E-state index contributed by atoms with van der Waals surface area (Å²) in [5.74, 6) is -0.237. The minimum absolute atomic E-state index is 0.0772. The molecule has 1 rings (SSSR count). The van der Waals surface area contributed by atoms with Crippen molar-refractivity contribution in [2.75, 3.05) is 0 Å². The Labute approximate surface area is 113 Å². The van der Waals surface area contributed by atoms with E-state index < -0.39 is 24.1 Å². The number of aliphatic carboxylic acids is 1. The summed E-state index contributed by atoms with van der Waals surface area (Å²) in [7, 11) is 0. The summed E-state index contributed by atoms with van der Waals surface area (Å²) in [6.45, 7) is 5.58. The van der Waals surface area contributed by atoms with E-state index in [9.17, 15) is 14.7 Å². The Kier molecular flexibility index (Phi) is 5.60. The van der Waals surface area contributed by atoms with Gasteiger partial charge in [0, 0.05) is 6.04 Å². The molecule has 1 aliphatic carbocycles. The smallest absolute Gasteiger partial charge is 0.328 e. The van der Waals surface area contributed by atoms with Crippen LogP contribution in [0.1, 0.15) is 40.0 Å². The fourth-order valence-corrected chi connectivity index (χ4v) is 2.77. The maximum absolute atomic E-state index is 11.8. The molecule has 1 aliphatic rings. The van der Waals surface area contributed by atoms with Crippen LogP contribution < -0.4 is 10.6 Å². The van der Waals surface area contributed by atoms with E-state index in [0.717, 1.165) is 19.3 Å². The van der Waals surface area contributed by atoms with E-state index in [4.69, 9.17) is 5.11 Å². The van der Waals surface area contributed by atoms with Gasteiger partial charge in [0.1, 0.15) is 0 Å². The molecule has 5 atom stereocenters. The van der Waals surface area contributed by atoms with E-state index in [2.05, 4.69) is 24.5 Å². The largest absolute Gasteiger partial charge is 0.480 e. The van der Waals surface area contributed by atoms with E-state index in [1.807, 2.05) is 0 Å². The zero-order valence-electron chi connectivity index (χ0n) is 11.7. The van der Waals surface area contributed by atoms with E-state index >= 15 is 0 Å². The second-order valence-electron chi connectivity index (χ2n) is 5.39. The SMILES string of the molecule is CCC1CCC(NC(=O)NC(C(=O)O)C(C)O)C1C. The molecule has 0 heterocycles. The van der Waals surface area contributed by atoms with Crippen molar-refractivity contribution in [1.29, 1.82) is 0 Å². The van der Waals surface area contributed by atoms with Crippen molar-refractivity contribution in [2.45, 2.75) is 58.2 Å². The molecule has 6 nitrogen and oxygen atoms in total. The van der Waals surface area contributed by atoms with Gasteiger partial charge < -0.3 is 20.8 Å². The minimum Gasteiger partial charge on any atom is -0.480 e. The zero-order chi connectivity index (χ0) is 14.6. The first-order valence-electron chi connectivity index (χ1n) is 6.84. The maximum atomic E-state index is 11.8. The van der Waals surface area contributed by atoms with Crippen LogP contribution in [0.3, 0.4) is 0 Å². The standard InChI is InChI=1S/C13H24N2O4/c1-4-9-5-6-10(7(9)2)14-13(19)15-11(8(3)16)12(17)18/h7-11,16H,4-6H2,1-3H3,(H,17,18)(H2,14,15,19). The number of rotatable bonds is 5. The summed E-state index contributed by atoms with van der Waals surface area (Å²) in [6, 6.07) is -1.73. The lowest BCUT2D eigenvalue weighted by Crippen LogP contribution is -2.53. The second-order valence-corrected chi connectivity index (χ2v) is 5.39. The maximum Gasteiger partial charge on any atom is 0.328 e. The van der Waals surface area contributed by atoms with Gasteiger partial charge in [-0.2, -0.15) is 0 Å². The molecule has 0 spiro atoms. The molecule has 2 amide bonds. The van der Waals surface area contributed by atoms with Gasteiger partial charge in [0.2, 0.25) is 0 Å². The third kappa shape index (κ3) is 4.09. The van der Waals surface area contributed by atoms with Gasteiger partial charge in [-0.05, 0) is 31.6 Å². The Morgan fingerprint density at radius 2 is 2.00 bits per heavy atom. The van der Waals surface area contributed by atoms with Gasteiger partial charge in [-0.15, -0.1) is 0 Å². The Balaban J connectivity index is 2.49. The van der Waals surface area contributed by atoms with Crippen molar-refractivity contribution < 1.29 is 19.8 Å². The number of nitrogens with one attached hydrogen (secondary N) is 2. The molecule has 5 unspecified atom stereocenters. The molecular weight excluding hydrogens is 248 g/mol. The zero-order valence-corrected chi connectivity index (χ0v) is 11.7. The number of carbonyl (C=O) groups is 2. The quantitative estimate of drug-likeness (QED) is 0.598. The Hall–Kier alpha value is -1.30. The highest BCUT2D eigenvalue weighted by Gasteiger charge is 2.33. The van der Waals surface area contributed by atoms with Gasteiger partial charge in [-0.25, -0.2) is 9.59 Å². The topological polar surface area (TPSA) is 98.7 Å². The van der Waals surface area contributed by atoms with Gasteiger partial charge in [-0.1, -0.05) is 20.3 Å². The molecule has 0 aliphatic heterocycles. The van der Waals surface area contributed by atoms with Gasteiger partial charge in [0.25, 0.3) is 0 Å². The highest BCUT2D eigenvalue weighted by atomic mass is 16.4. The summed E-state index contributed by atoms with van der Waals surface area (Å²) in [4.78, 5) is 22.6. The third-order valence-corrected chi connectivity index (χ3v) is 4.10. The van der Waals surface area contributed by atoms with Crippen molar-refractivity contribution in [3.63, 3.8) is 0 Å². The van der Waals surface area contributed by atoms with Crippen LogP contribution in [0.2, 0.25) is 0 Å². The molecule has 110 valence electrons. The number of amides is 2. The second kappa shape index (κ2) is 6.75. The molecule has 0 aromatic rings. The number of carboxylic acid groups (broad SMARTS) is 1. The van der Waals surface area contributed by atoms with Crippen molar-refractivity contribution >= 4 is 12.0 Å². The average Bonchev–Trinajstić information content (AvgIpc) is 2.66. The minimum atomic E-state index is -1.28. The van der Waals surface area contributed by atoms with Crippen molar-refractivity contribution in [2.24, 2.45) is 11.8 Å². The first kappa shape index (κ1) is 15.8. The number of hydrogen-bond donors (Lipinski definition) is 4. The molecule has 0 aromatic carbocycles. The van der Waals surface area contributed by atoms with E-state index in [1.165, 1.54) is 6.92 Å². The molecule has 0 saturated heterocycles. The van der Waals surface area contributed by atoms with E-state index in [0.29, 0.717) is 11.8 Å². The Morgan fingerprint density at radius 3 is 2.42 bits per heavy atom. The predicted octanol–water partition coefficient (Wildman–Crippen LogP) is 0.944. The Bertz CT molecular complexity index is 333. The first-order chi connectivity index (χ1) is 8.86. The predicted molar refractivity (Wildman–Crippen MR) is 70.7 cm³/mol. The lowest BCUT2D eigenvalue weighted by molar-refractivity contribution is -0.141. The van der Waals surface area contributed by atoms with Crippen LogP contribution >= 0.6 is 0 Å². The lowest BCUT2D eigenvalue weighted by atomic mass is 9.93. The summed E-state index contributed by atoms with van der Waals surface area (Å²) in [5, 5.41) is 23.3. The number of aliphatic hydroxyl groups excluding tert-OH is 1. The highest BCUT2D eigenvalue weighted by Crippen LogP contribution is 2.33. The van der Waals surface area contributed by atoms with Crippen molar-refractivity contribution in [3.05, 3.63) is 0 Å². The van der Waals surface area contributed by atoms with Crippen molar-refractivity contribution in [1.82, 2.24) is 10.6 Å². The molecule has 6 heteroatoms. The van der Waals surface area contributed by atoms with Gasteiger partial charge in [-0.3, -0.25) is 0 Å². The lowest BCUT2D eigenvalue weighted by Gasteiger charge is -2.23. The summed E-state index contributed by atoms with van der Waals surface area (Å²) in [6.07, 6.45) is 1.96. The summed E-state index contributed by atoms with van der Waals surface area (Å²) >= 11 is 0. The molecule has 0 aromatic heterocycles. The van der Waals surface area contributed by atoms with Crippen LogP contribution in [0.15, 0.2) is 0 Å². The molecule has 1 saturated carbocycles. The highest BCUT2D eigenvalue weighted by molar-refractivity contribution is 5.83. The number of aliphatic hydroxyl groups is 1. The van der Waals surface area contributed by atoms with Gasteiger partial charge >= 0.3 is 12.0 Å². The van der Waals surface area contributed by atoms with Crippen LogP contribution in [0, 0.1) is 11.8 Å². The fourth-order valence-electron chi connectivity index (χ4n) is 2.77. The molecule has 4 N–H and O–H groups in total. The number of hydrogen-bond acceptors (Lipinski definition) is 3. The number of carbonyl (C=O) groups excluding carboxylic acids is 1. The third-order valence-electron chi connectivity index (χ3n) is 4.10. The fraction of sp³-hybridized carbons (Fsp3) is 0.846. The van der Waals surface area contributed by atoms with Crippen LogP contribution in [0.5, 0.6) is 0 Å². The average molecular weight is 272 g/mol. The van der Waals surface area contributed by atoms with Crippen LogP contribution in [0.25, 0.3) is 0 Å². The molecule has 0 radical (unpaired) electrons. The molecular formula is C13H24N2O4. The molecule has 19 heavy (non-hydrogen) atoms. The van der Waals surface area contributed by atoms with Crippen LogP contribution in [-0.2, 0) is 4.79 Å². The normalized spacial score (nSPS) is 29.6. The van der Waals surface area contributed by atoms with Crippen LogP contribution in [-0.4, -0.2) is 40.4 Å². The molecule has 0 bridgehead atoms. The van der Waals surface area contributed by atoms with E-state index in [1.54, 1.807) is 0 Å². The van der Waals surface area contributed by atoms with Gasteiger partial charge in [0.15, 0.2) is 6.04 Å². The molecule has 1 fully saturated rings.